The van der Waals surface area contributed by atoms with Gasteiger partial charge in [-0.1, -0.05) is 12.2 Å². The Morgan fingerprint density at radius 1 is 1.47 bits per heavy atom. The maximum atomic E-state index is 11.7. The third-order valence-corrected chi connectivity index (χ3v) is 3.22. The summed E-state index contributed by atoms with van der Waals surface area (Å²) in [6.45, 7) is 2.03. The third kappa shape index (κ3) is 3.34. The van der Waals surface area contributed by atoms with E-state index in [0.29, 0.717) is 18.4 Å². The molecule has 15 heavy (non-hydrogen) atoms. The number of piperidine rings is 1. The predicted molar refractivity (Wildman–Crippen MR) is 60.5 cm³/mol. The number of allylic oxidation sites excluding steroid dienone is 2. The van der Waals surface area contributed by atoms with E-state index in [1.165, 1.54) is 6.42 Å². The van der Waals surface area contributed by atoms with Gasteiger partial charge in [0.1, 0.15) is 0 Å². The molecule has 0 saturated carbocycles. The lowest BCUT2D eigenvalue weighted by Gasteiger charge is -2.24. The van der Waals surface area contributed by atoms with Gasteiger partial charge >= 0.3 is 0 Å². The van der Waals surface area contributed by atoms with E-state index in [1.54, 1.807) is 0 Å². The summed E-state index contributed by atoms with van der Waals surface area (Å²) in [6, 6.07) is 0.358. The highest BCUT2D eigenvalue weighted by Crippen LogP contribution is 2.20. The van der Waals surface area contributed by atoms with Crippen LogP contribution in [0.25, 0.3) is 0 Å². The molecule has 2 aliphatic rings. The lowest BCUT2D eigenvalue weighted by atomic mass is 10.0. The Labute approximate surface area is 91.3 Å². The SMILES string of the molecule is O=C(CC1C=CCC1)N[C@@H]1CCCNC1. The highest BCUT2D eigenvalue weighted by atomic mass is 16.1. The van der Waals surface area contributed by atoms with Crippen molar-refractivity contribution in [3.05, 3.63) is 12.2 Å². The smallest absolute Gasteiger partial charge is 0.220 e. The van der Waals surface area contributed by atoms with E-state index >= 15 is 0 Å². The zero-order chi connectivity index (χ0) is 10.5. The summed E-state index contributed by atoms with van der Waals surface area (Å²) in [4.78, 5) is 11.7. The molecule has 0 radical (unpaired) electrons. The van der Waals surface area contributed by atoms with E-state index < -0.39 is 0 Å². The van der Waals surface area contributed by atoms with Crippen molar-refractivity contribution in [3.8, 4) is 0 Å². The van der Waals surface area contributed by atoms with Crippen LogP contribution in [0.5, 0.6) is 0 Å². The third-order valence-electron chi connectivity index (χ3n) is 3.22. The van der Waals surface area contributed by atoms with Crippen molar-refractivity contribution in [3.63, 3.8) is 0 Å². The van der Waals surface area contributed by atoms with Crippen LogP contribution in [0.3, 0.4) is 0 Å². The average molecular weight is 208 g/mol. The van der Waals surface area contributed by atoms with Crippen LogP contribution in [-0.2, 0) is 4.79 Å². The first-order valence-electron chi connectivity index (χ1n) is 6.01. The molecule has 1 saturated heterocycles. The second-order valence-corrected chi connectivity index (χ2v) is 4.58. The summed E-state index contributed by atoms with van der Waals surface area (Å²) in [5.74, 6) is 0.710. The van der Waals surface area contributed by atoms with E-state index in [-0.39, 0.29) is 5.91 Å². The van der Waals surface area contributed by atoms with Crippen LogP contribution in [0.2, 0.25) is 0 Å². The molecule has 0 spiro atoms. The van der Waals surface area contributed by atoms with Crippen molar-refractivity contribution in [1.82, 2.24) is 10.6 Å². The molecule has 1 aliphatic carbocycles. The minimum atomic E-state index is 0.222. The van der Waals surface area contributed by atoms with Gasteiger partial charge in [-0.15, -0.1) is 0 Å². The zero-order valence-electron chi connectivity index (χ0n) is 9.17. The number of nitrogens with one attached hydrogen (secondary N) is 2. The van der Waals surface area contributed by atoms with Gasteiger partial charge in [-0.05, 0) is 38.1 Å². The maximum absolute atomic E-state index is 11.7. The molecule has 1 amide bonds. The van der Waals surface area contributed by atoms with Gasteiger partial charge in [-0.3, -0.25) is 4.79 Å². The van der Waals surface area contributed by atoms with Crippen molar-refractivity contribution < 1.29 is 4.79 Å². The Morgan fingerprint density at radius 3 is 3.07 bits per heavy atom. The highest BCUT2D eigenvalue weighted by molar-refractivity contribution is 5.76. The molecule has 1 aliphatic heterocycles. The summed E-state index contributed by atoms with van der Waals surface area (Å²) in [5, 5.41) is 6.42. The maximum Gasteiger partial charge on any atom is 0.220 e. The molecular formula is C12H20N2O. The van der Waals surface area contributed by atoms with Crippen LogP contribution < -0.4 is 10.6 Å². The van der Waals surface area contributed by atoms with Crippen LogP contribution in [0.1, 0.15) is 32.1 Å². The number of amides is 1. The first-order valence-corrected chi connectivity index (χ1v) is 6.01. The molecule has 84 valence electrons. The average Bonchev–Trinajstić information content (AvgIpc) is 2.71. The quantitative estimate of drug-likeness (QED) is 0.684. The first-order chi connectivity index (χ1) is 7.34. The molecule has 1 unspecified atom stereocenters. The van der Waals surface area contributed by atoms with Crippen molar-refractivity contribution in [2.24, 2.45) is 5.92 Å². The monoisotopic (exact) mass is 208 g/mol. The van der Waals surface area contributed by atoms with Crippen molar-refractivity contribution in [1.29, 1.82) is 0 Å². The lowest BCUT2D eigenvalue weighted by Crippen LogP contribution is -2.45. The Balaban J connectivity index is 1.69. The Bertz CT molecular complexity index is 244. The van der Waals surface area contributed by atoms with Gasteiger partial charge in [0.25, 0.3) is 0 Å². The summed E-state index contributed by atoms with van der Waals surface area (Å²) in [5.41, 5.74) is 0. The summed E-state index contributed by atoms with van der Waals surface area (Å²) >= 11 is 0. The molecule has 3 heteroatoms. The van der Waals surface area contributed by atoms with E-state index in [2.05, 4.69) is 22.8 Å². The molecule has 0 aromatic rings. The fourth-order valence-electron chi connectivity index (χ4n) is 2.37. The summed E-state index contributed by atoms with van der Waals surface area (Å²) < 4.78 is 0. The Hall–Kier alpha value is -0.830. The van der Waals surface area contributed by atoms with Gasteiger partial charge in [-0.2, -0.15) is 0 Å². The van der Waals surface area contributed by atoms with E-state index in [9.17, 15) is 4.79 Å². The molecular weight excluding hydrogens is 188 g/mol. The summed E-state index contributed by atoms with van der Waals surface area (Å²) in [7, 11) is 0. The largest absolute Gasteiger partial charge is 0.352 e. The molecule has 2 atom stereocenters. The number of carbonyl (C=O) groups is 1. The van der Waals surface area contributed by atoms with Gasteiger partial charge in [-0.25, -0.2) is 0 Å². The molecule has 0 bridgehead atoms. The van der Waals surface area contributed by atoms with Crippen LogP contribution in [0, 0.1) is 5.92 Å². The second kappa shape index (κ2) is 5.31. The number of hydrogen-bond donors (Lipinski definition) is 2. The van der Waals surface area contributed by atoms with Gasteiger partial charge in [0.15, 0.2) is 0 Å². The van der Waals surface area contributed by atoms with Crippen LogP contribution in [0.4, 0.5) is 0 Å². The zero-order valence-corrected chi connectivity index (χ0v) is 9.17. The number of hydrogen-bond acceptors (Lipinski definition) is 2. The first kappa shape index (κ1) is 10.7. The highest BCUT2D eigenvalue weighted by Gasteiger charge is 2.18. The normalized spacial score (nSPS) is 30.4. The van der Waals surface area contributed by atoms with E-state index in [4.69, 9.17) is 0 Å². The van der Waals surface area contributed by atoms with Crippen molar-refractivity contribution in [2.45, 2.75) is 38.1 Å². The van der Waals surface area contributed by atoms with Crippen LogP contribution in [-0.4, -0.2) is 25.0 Å². The van der Waals surface area contributed by atoms with Crippen LogP contribution >= 0.6 is 0 Å². The minimum Gasteiger partial charge on any atom is -0.352 e. The van der Waals surface area contributed by atoms with E-state index in [1.807, 2.05) is 0 Å². The Kier molecular flexibility index (Phi) is 3.78. The standard InChI is InChI=1S/C12H20N2O/c15-12(8-10-4-1-2-5-10)14-11-6-3-7-13-9-11/h1,4,10-11,13H,2-3,5-9H2,(H,14,15)/t10?,11-/m1/s1. The fraction of sp³-hybridized carbons (Fsp3) is 0.750. The molecule has 3 nitrogen and oxygen atoms in total. The summed E-state index contributed by atoms with van der Waals surface area (Å²) in [6.07, 6.45) is 9.62. The molecule has 1 fully saturated rings. The molecule has 2 N–H and O–H groups in total. The predicted octanol–water partition coefficient (Wildman–Crippen LogP) is 1.21. The topological polar surface area (TPSA) is 41.1 Å². The molecule has 0 aromatic heterocycles. The Morgan fingerprint density at radius 2 is 2.40 bits per heavy atom. The molecule has 2 rings (SSSR count). The van der Waals surface area contributed by atoms with Crippen molar-refractivity contribution in [2.75, 3.05) is 13.1 Å². The number of rotatable bonds is 3. The van der Waals surface area contributed by atoms with Gasteiger partial charge in [0.05, 0.1) is 0 Å². The minimum absolute atomic E-state index is 0.222. The number of carbonyl (C=O) groups excluding carboxylic acids is 1. The van der Waals surface area contributed by atoms with Gasteiger partial charge < -0.3 is 10.6 Å². The molecule has 1 heterocycles. The van der Waals surface area contributed by atoms with Gasteiger partial charge in [0, 0.05) is 19.0 Å². The van der Waals surface area contributed by atoms with Gasteiger partial charge in [0.2, 0.25) is 5.91 Å². The second-order valence-electron chi connectivity index (χ2n) is 4.58. The molecule has 0 aromatic carbocycles. The lowest BCUT2D eigenvalue weighted by molar-refractivity contribution is -0.122. The van der Waals surface area contributed by atoms with Crippen LogP contribution in [0.15, 0.2) is 12.2 Å². The fourth-order valence-corrected chi connectivity index (χ4v) is 2.37. The van der Waals surface area contributed by atoms with E-state index in [0.717, 1.165) is 32.4 Å². The van der Waals surface area contributed by atoms with Crippen molar-refractivity contribution >= 4 is 5.91 Å².